The molecule has 1 aliphatic rings. The van der Waals surface area contributed by atoms with E-state index in [1.54, 1.807) is 12.3 Å². The van der Waals surface area contributed by atoms with Gasteiger partial charge in [-0.2, -0.15) is 11.8 Å². The molecular formula is C16H23ClN2O2S. The molecule has 0 N–H and O–H groups in total. The van der Waals surface area contributed by atoms with Gasteiger partial charge in [-0.3, -0.25) is 0 Å². The molecule has 0 aliphatic carbocycles. The number of halogens is 1. The second-order valence-corrected chi connectivity index (χ2v) is 7.89. The first-order valence-corrected chi connectivity index (χ1v) is 9.06. The van der Waals surface area contributed by atoms with Gasteiger partial charge in [-0.15, -0.1) is 0 Å². The summed E-state index contributed by atoms with van der Waals surface area (Å²) in [6, 6.07) is 4.06. The van der Waals surface area contributed by atoms with Crippen molar-refractivity contribution in [3.63, 3.8) is 0 Å². The topological polar surface area (TPSA) is 42.4 Å². The maximum atomic E-state index is 12.2. The van der Waals surface area contributed by atoms with Gasteiger partial charge in [-0.05, 0) is 45.2 Å². The number of carbonyl (C=O) groups excluding carboxylic acids is 1. The molecule has 22 heavy (non-hydrogen) atoms. The molecule has 1 aliphatic heterocycles. The summed E-state index contributed by atoms with van der Waals surface area (Å²) >= 11 is 7.60. The van der Waals surface area contributed by atoms with Gasteiger partial charge in [0.05, 0.1) is 0 Å². The number of nitrogens with zero attached hydrogens (tertiary/aromatic N) is 2. The van der Waals surface area contributed by atoms with E-state index in [0.717, 1.165) is 36.5 Å². The van der Waals surface area contributed by atoms with Gasteiger partial charge in [0.15, 0.2) is 0 Å². The van der Waals surface area contributed by atoms with Crippen molar-refractivity contribution in [1.82, 2.24) is 9.88 Å². The third-order valence-electron chi connectivity index (χ3n) is 3.37. The number of hydrogen-bond donors (Lipinski definition) is 0. The highest BCUT2D eigenvalue weighted by molar-refractivity contribution is 7.98. The lowest BCUT2D eigenvalue weighted by Gasteiger charge is -2.28. The molecule has 0 unspecified atom stereocenters. The van der Waals surface area contributed by atoms with Crippen LogP contribution in [0.4, 0.5) is 4.79 Å². The van der Waals surface area contributed by atoms with Crippen LogP contribution in [0, 0.1) is 0 Å². The molecule has 1 amide bonds. The number of rotatable bonds is 4. The molecule has 0 radical (unpaired) electrons. The average Bonchev–Trinajstić information content (AvgIpc) is 2.88. The van der Waals surface area contributed by atoms with E-state index in [0.29, 0.717) is 5.15 Å². The predicted molar refractivity (Wildman–Crippen MR) is 91.4 cm³/mol. The van der Waals surface area contributed by atoms with Crippen LogP contribution in [0.2, 0.25) is 5.15 Å². The van der Waals surface area contributed by atoms with E-state index in [1.807, 2.05) is 43.5 Å². The maximum Gasteiger partial charge on any atom is 0.410 e. The smallest absolute Gasteiger partial charge is 0.410 e. The number of thioether (sulfide) groups is 1. The van der Waals surface area contributed by atoms with Crippen molar-refractivity contribution in [3.8, 4) is 0 Å². The summed E-state index contributed by atoms with van der Waals surface area (Å²) in [5, 5.41) is 0.514. The summed E-state index contributed by atoms with van der Waals surface area (Å²) < 4.78 is 5.48. The zero-order chi connectivity index (χ0) is 16.2. The quantitative estimate of drug-likeness (QED) is 0.762. The molecule has 1 fully saturated rings. The minimum atomic E-state index is -0.438. The third kappa shape index (κ3) is 5.36. The molecule has 2 heterocycles. The molecule has 1 atom stereocenters. The number of likely N-dealkylation sites (tertiary alicyclic amines) is 1. The van der Waals surface area contributed by atoms with Crippen LogP contribution in [0.3, 0.4) is 0 Å². The lowest BCUT2D eigenvalue weighted by Crippen LogP contribution is -2.40. The first-order chi connectivity index (χ1) is 10.3. The second-order valence-electron chi connectivity index (χ2n) is 6.47. The van der Waals surface area contributed by atoms with E-state index in [9.17, 15) is 4.79 Å². The summed E-state index contributed by atoms with van der Waals surface area (Å²) in [6.07, 6.45) is 3.71. The van der Waals surface area contributed by atoms with Gasteiger partial charge < -0.3 is 9.64 Å². The Morgan fingerprint density at radius 1 is 1.50 bits per heavy atom. The number of ether oxygens (including phenoxy) is 1. The normalized spacial score (nSPS) is 18.5. The minimum absolute atomic E-state index is 0.191. The average molecular weight is 343 g/mol. The Morgan fingerprint density at radius 2 is 2.27 bits per heavy atom. The molecule has 0 aromatic carbocycles. The van der Waals surface area contributed by atoms with Crippen molar-refractivity contribution in [2.24, 2.45) is 0 Å². The van der Waals surface area contributed by atoms with E-state index >= 15 is 0 Å². The van der Waals surface area contributed by atoms with Crippen LogP contribution in [-0.2, 0) is 10.5 Å². The van der Waals surface area contributed by atoms with Crippen molar-refractivity contribution in [2.45, 2.75) is 51.0 Å². The lowest BCUT2D eigenvalue weighted by molar-refractivity contribution is 0.0242. The summed E-state index contributed by atoms with van der Waals surface area (Å²) in [5.74, 6) is 1.80. The van der Waals surface area contributed by atoms with Crippen LogP contribution >= 0.6 is 23.4 Å². The predicted octanol–water partition coefficient (Wildman–Crippen LogP) is 4.37. The van der Waals surface area contributed by atoms with E-state index in [-0.39, 0.29) is 12.1 Å². The Hall–Kier alpha value is -0.940. The SMILES string of the molecule is CC(C)(C)OC(=O)N1CCC[C@@H]1CSCc1ccc(Cl)nc1. The molecule has 0 saturated carbocycles. The highest BCUT2D eigenvalue weighted by atomic mass is 35.5. The molecule has 4 nitrogen and oxygen atoms in total. The van der Waals surface area contributed by atoms with Crippen molar-refractivity contribution >= 4 is 29.5 Å². The Labute approximate surface area is 141 Å². The Balaban J connectivity index is 1.81. The fourth-order valence-corrected chi connectivity index (χ4v) is 3.63. The first kappa shape index (κ1) is 17.4. The van der Waals surface area contributed by atoms with Gasteiger partial charge in [0.25, 0.3) is 0 Å². The molecule has 1 aromatic rings. The van der Waals surface area contributed by atoms with Gasteiger partial charge in [0.1, 0.15) is 10.8 Å². The molecule has 2 rings (SSSR count). The van der Waals surface area contributed by atoms with Crippen molar-refractivity contribution in [1.29, 1.82) is 0 Å². The zero-order valence-corrected chi connectivity index (χ0v) is 14.9. The molecular weight excluding hydrogens is 320 g/mol. The minimum Gasteiger partial charge on any atom is -0.444 e. The highest BCUT2D eigenvalue weighted by Gasteiger charge is 2.31. The Kier molecular flexibility index (Phi) is 5.98. The molecule has 0 spiro atoms. The Morgan fingerprint density at radius 3 is 2.91 bits per heavy atom. The summed E-state index contributed by atoms with van der Waals surface area (Å²) in [7, 11) is 0. The van der Waals surface area contributed by atoms with E-state index in [2.05, 4.69) is 4.98 Å². The highest BCUT2D eigenvalue weighted by Crippen LogP contribution is 2.25. The van der Waals surface area contributed by atoms with Crippen LogP contribution in [0.25, 0.3) is 0 Å². The number of amides is 1. The van der Waals surface area contributed by atoms with Gasteiger partial charge in [-0.25, -0.2) is 9.78 Å². The van der Waals surface area contributed by atoms with Gasteiger partial charge >= 0.3 is 6.09 Å². The standard InChI is InChI=1S/C16H23ClN2O2S/c1-16(2,3)21-15(20)19-8-4-5-13(19)11-22-10-12-6-7-14(17)18-9-12/h6-7,9,13H,4-5,8,10-11H2,1-3H3/t13-/m1/s1. The fourth-order valence-electron chi connectivity index (χ4n) is 2.37. The fraction of sp³-hybridized carbons (Fsp3) is 0.625. The molecule has 122 valence electrons. The summed E-state index contributed by atoms with van der Waals surface area (Å²) in [5.41, 5.74) is 0.711. The lowest BCUT2D eigenvalue weighted by atomic mass is 10.2. The van der Waals surface area contributed by atoms with Crippen LogP contribution in [0.1, 0.15) is 39.2 Å². The number of hydrogen-bond acceptors (Lipinski definition) is 4. The molecule has 1 saturated heterocycles. The zero-order valence-electron chi connectivity index (χ0n) is 13.3. The van der Waals surface area contributed by atoms with Gasteiger partial charge in [0, 0.05) is 30.3 Å². The van der Waals surface area contributed by atoms with Crippen LogP contribution in [-0.4, -0.2) is 39.9 Å². The third-order valence-corrected chi connectivity index (χ3v) is 4.75. The van der Waals surface area contributed by atoms with Crippen LogP contribution < -0.4 is 0 Å². The van der Waals surface area contributed by atoms with E-state index in [4.69, 9.17) is 16.3 Å². The van der Waals surface area contributed by atoms with E-state index in [1.165, 1.54) is 0 Å². The van der Waals surface area contributed by atoms with Crippen LogP contribution in [0.15, 0.2) is 18.3 Å². The van der Waals surface area contributed by atoms with E-state index < -0.39 is 5.60 Å². The van der Waals surface area contributed by atoms with Crippen LogP contribution in [0.5, 0.6) is 0 Å². The largest absolute Gasteiger partial charge is 0.444 e. The monoisotopic (exact) mass is 342 g/mol. The summed E-state index contributed by atoms with van der Waals surface area (Å²) in [6.45, 7) is 6.50. The number of carbonyl (C=O) groups is 1. The first-order valence-electron chi connectivity index (χ1n) is 7.53. The van der Waals surface area contributed by atoms with Gasteiger partial charge in [0.2, 0.25) is 0 Å². The Bertz CT molecular complexity index is 502. The number of aromatic nitrogens is 1. The second kappa shape index (κ2) is 7.55. The van der Waals surface area contributed by atoms with Crippen molar-refractivity contribution in [3.05, 3.63) is 29.0 Å². The number of pyridine rings is 1. The molecule has 6 heteroatoms. The molecule has 0 bridgehead atoms. The molecule has 1 aromatic heterocycles. The maximum absolute atomic E-state index is 12.2. The van der Waals surface area contributed by atoms with Crippen molar-refractivity contribution < 1.29 is 9.53 Å². The van der Waals surface area contributed by atoms with Crippen molar-refractivity contribution in [2.75, 3.05) is 12.3 Å². The summed E-state index contributed by atoms with van der Waals surface area (Å²) in [4.78, 5) is 18.2. The van der Waals surface area contributed by atoms with Gasteiger partial charge in [-0.1, -0.05) is 17.7 Å².